The fraction of sp³-hybridized carbons (Fsp3) is 0.125. The summed E-state index contributed by atoms with van der Waals surface area (Å²) in [6.07, 6.45) is 0. The first-order valence-electron chi connectivity index (χ1n) is 6.27. The molecule has 2 aromatic rings. The fourth-order valence-electron chi connectivity index (χ4n) is 1.85. The highest BCUT2D eigenvalue weighted by atomic mass is 16.4. The van der Waals surface area contributed by atoms with Gasteiger partial charge in [-0.1, -0.05) is 42.5 Å². The van der Waals surface area contributed by atoms with Crippen LogP contribution < -0.4 is 5.32 Å². The second-order valence-corrected chi connectivity index (χ2v) is 4.44. The minimum Gasteiger partial charge on any atom is -0.480 e. The van der Waals surface area contributed by atoms with E-state index < -0.39 is 12.0 Å². The first-order chi connectivity index (χ1) is 9.59. The number of para-hydroxylation sites is 1. The van der Waals surface area contributed by atoms with Gasteiger partial charge in [0.25, 0.3) is 0 Å². The number of benzene rings is 2. The van der Waals surface area contributed by atoms with E-state index in [1.165, 1.54) is 6.92 Å². The van der Waals surface area contributed by atoms with Crippen LogP contribution in [-0.4, -0.2) is 22.9 Å². The molecule has 2 aromatic carbocycles. The Labute approximate surface area is 117 Å². The molecule has 0 saturated heterocycles. The maximum absolute atomic E-state index is 12.4. The molecule has 4 nitrogen and oxygen atoms in total. The normalized spacial score (nSPS) is 11.7. The molecule has 0 bridgehead atoms. The Morgan fingerprint density at radius 1 is 1.00 bits per heavy atom. The van der Waals surface area contributed by atoms with Gasteiger partial charge in [0.1, 0.15) is 6.04 Å². The number of carboxylic acids is 1. The minimum atomic E-state index is -0.966. The molecule has 4 heteroatoms. The summed E-state index contributed by atoms with van der Waals surface area (Å²) < 4.78 is 0. The van der Waals surface area contributed by atoms with Gasteiger partial charge >= 0.3 is 5.97 Å². The Balaban J connectivity index is 2.33. The van der Waals surface area contributed by atoms with E-state index in [4.69, 9.17) is 5.11 Å². The van der Waals surface area contributed by atoms with E-state index in [0.29, 0.717) is 16.8 Å². The topological polar surface area (TPSA) is 66.4 Å². The van der Waals surface area contributed by atoms with Gasteiger partial charge < -0.3 is 10.4 Å². The van der Waals surface area contributed by atoms with E-state index >= 15 is 0 Å². The molecule has 0 radical (unpaired) electrons. The van der Waals surface area contributed by atoms with Crippen molar-refractivity contribution in [1.82, 2.24) is 0 Å². The van der Waals surface area contributed by atoms with Crippen molar-refractivity contribution in [3.05, 3.63) is 65.7 Å². The number of carboxylic acid groups (broad SMARTS) is 1. The Morgan fingerprint density at radius 3 is 2.25 bits per heavy atom. The molecule has 0 heterocycles. The molecular formula is C16H15NO3. The van der Waals surface area contributed by atoms with Gasteiger partial charge in [-0.2, -0.15) is 0 Å². The zero-order valence-corrected chi connectivity index (χ0v) is 11.0. The van der Waals surface area contributed by atoms with Crippen LogP contribution in [0.15, 0.2) is 54.6 Å². The van der Waals surface area contributed by atoms with E-state index in [9.17, 15) is 9.59 Å². The molecule has 0 aromatic heterocycles. The summed E-state index contributed by atoms with van der Waals surface area (Å²) in [6.45, 7) is 1.53. The van der Waals surface area contributed by atoms with Gasteiger partial charge in [0, 0.05) is 16.8 Å². The molecule has 0 aliphatic heterocycles. The van der Waals surface area contributed by atoms with Gasteiger partial charge in [0.05, 0.1) is 0 Å². The van der Waals surface area contributed by atoms with Crippen molar-refractivity contribution in [2.75, 3.05) is 5.32 Å². The predicted molar refractivity (Wildman–Crippen MR) is 77.0 cm³/mol. The van der Waals surface area contributed by atoms with Crippen LogP contribution in [-0.2, 0) is 4.79 Å². The molecule has 20 heavy (non-hydrogen) atoms. The molecule has 0 aliphatic rings. The van der Waals surface area contributed by atoms with Crippen molar-refractivity contribution in [2.24, 2.45) is 0 Å². The summed E-state index contributed by atoms with van der Waals surface area (Å²) in [6, 6.07) is 15.0. The van der Waals surface area contributed by atoms with E-state index in [0.717, 1.165) is 0 Å². The van der Waals surface area contributed by atoms with Gasteiger partial charge in [-0.05, 0) is 19.1 Å². The van der Waals surface area contributed by atoms with Crippen molar-refractivity contribution in [3.63, 3.8) is 0 Å². The van der Waals surface area contributed by atoms with E-state index in [-0.39, 0.29) is 5.78 Å². The second-order valence-electron chi connectivity index (χ2n) is 4.44. The number of carbonyl (C=O) groups excluding carboxylic acids is 1. The Morgan fingerprint density at radius 2 is 1.60 bits per heavy atom. The summed E-state index contributed by atoms with van der Waals surface area (Å²) in [5.74, 6) is -1.10. The summed E-state index contributed by atoms with van der Waals surface area (Å²) in [5.41, 5.74) is 1.56. The predicted octanol–water partition coefficient (Wildman–Crippen LogP) is 2.80. The van der Waals surface area contributed by atoms with Crippen LogP contribution in [0.2, 0.25) is 0 Å². The van der Waals surface area contributed by atoms with Crippen LogP contribution in [0, 0.1) is 0 Å². The van der Waals surface area contributed by atoms with Crippen LogP contribution in [0.1, 0.15) is 22.8 Å². The number of ketones is 1. The van der Waals surface area contributed by atoms with E-state index in [1.54, 1.807) is 48.5 Å². The molecule has 1 atom stereocenters. The lowest BCUT2D eigenvalue weighted by Gasteiger charge is -2.14. The lowest BCUT2D eigenvalue weighted by atomic mass is 10.0. The zero-order valence-electron chi connectivity index (χ0n) is 11.0. The maximum atomic E-state index is 12.4. The van der Waals surface area contributed by atoms with Crippen molar-refractivity contribution in [1.29, 1.82) is 0 Å². The number of rotatable bonds is 5. The number of aliphatic carboxylic acids is 1. The van der Waals surface area contributed by atoms with Crippen molar-refractivity contribution in [2.45, 2.75) is 13.0 Å². The largest absolute Gasteiger partial charge is 0.480 e. The highest BCUT2D eigenvalue weighted by molar-refractivity contribution is 6.12. The molecule has 2 rings (SSSR count). The molecule has 2 N–H and O–H groups in total. The van der Waals surface area contributed by atoms with Gasteiger partial charge in [0.15, 0.2) is 5.78 Å². The second kappa shape index (κ2) is 6.02. The van der Waals surface area contributed by atoms with Crippen LogP contribution in [0.25, 0.3) is 0 Å². The van der Waals surface area contributed by atoms with Gasteiger partial charge in [-0.3, -0.25) is 9.59 Å². The molecule has 0 spiro atoms. The third kappa shape index (κ3) is 3.03. The lowest BCUT2D eigenvalue weighted by Crippen LogP contribution is -2.26. The number of hydrogen-bond donors (Lipinski definition) is 2. The van der Waals surface area contributed by atoms with Crippen molar-refractivity contribution < 1.29 is 14.7 Å². The first kappa shape index (κ1) is 13.8. The molecule has 102 valence electrons. The van der Waals surface area contributed by atoms with Gasteiger partial charge in [-0.25, -0.2) is 0 Å². The van der Waals surface area contributed by atoms with Crippen LogP contribution in [0.5, 0.6) is 0 Å². The number of hydrogen-bond acceptors (Lipinski definition) is 3. The van der Waals surface area contributed by atoms with E-state index in [1.807, 2.05) is 6.07 Å². The maximum Gasteiger partial charge on any atom is 0.325 e. The smallest absolute Gasteiger partial charge is 0.325 e. The van der Waals surface area contributed by atoms with Crippen LogP contribution >= 0.6 is 0 Å². The average molecular weight is 269 g/mol. The molecule has 0 amide bonds. The highest BCUT2D eigenvalue weighted by Gasteiger charge is 2.16. The minimum absolute atomic E-state index is 0.133. The Bertz CT molecular complexity index is 623. The quantitative estimate of drug-likeness (QED) is 0.819. The molecule has 0 saturated carbocycles. The Kier molecular flexibility index (Phi) is 4.15. The standard InChI is InChI=1S/C16H15NO3/c1-11(16(19)20)17-14-10-6-5-9-13(14)15(18)12-7-3-2-4-8-12/h2-11,17H,1H3,(H,19,20)/t11-/m1/s1. The van der Waals surface area contributed by atoms with Gasteiger partial charge in [0.2, 0.25) is 0 Å². The third-order valence-electron chi connectivity index (χ3n) is 2.95. The summed E-state index contributed by atoms with van der Waals surface area (Å²) in [7, 11) is 0. The average Bonchev–Trinajstić information content (AvgIpc) is 2.48. The molecular weight excluding hydrogens is 254 g/mol. The molecule has 0 unspecified atom stereocenters. The highest BCUT2D eigenvalue weighted by Crippen LogP contribution is 2.20. The third-order valence-corrected chi connectivity index (χ3v) is 2.95. The van der Waals surface area contributed by atoms with Crippen LogP contribution in [0.3, 0.4) is 0 Å². The van der Waals surface area contributed by atoms with Gasteiger partial charge in [-0.15, -0.1) is 0 Å². The fourth-order valence-corrected chi connectivity index (χ4v) is 1.85. The van der Waals surface area contributed by atoms with E-state index in [2.05, 4.69) is 5.32 Å². The lowest BCUT2D eigenvalue weighted by molar-refractivity contribution is -0.137. The zero-order chi connectivity index (χ0) is 14.5. The summed E-state index contributed by atoms with van der Waals surface area (Å²) in [4.78, 5) is 23.3. The SMILES string of the molecule is C[C@@H](Nc1ccccc1C(=O)c1ccccc1)C(=O)O. The van der Waals surface area contributed by atoms with Crippen molar-refractivity contribution >= 4 is 17.4 Å². The first-order valence-corrected chi connectivity index (χ1v) is 6.27. The molecule has 0 aliphatic carbocycles. The summed E-state index contributed by atoms with van der Waals surface area (Å²) in [5, 5.41) is 11.8. The number of anilines is 1. The Hall–Kier alpha value is -2.62. The van der Waals surface area contributed by atoms with Crippen LogP contribution in [0.4, 0.5) is 5.69 Å². The van der Waals surface area contributed by atoms with Crippen molar-refractivity contribution in [3.8, 4) is 0 Å². The number of nitrogens with one attached hydrogen (secondary N) is 1. The number of carbonyl (C=O) groups is 2. The monoisotopic (exact) mass is 269 g/mol. The summed E-state index contributed by atoms with van der Waals surface area (Å²) >= 11 is 0. The molecule has 0 fully saturated rings.